The largest absolute Gasteiger partial charge is 0.356 e. The molecule has 3 rings (SSSR count). The summed E-state index contributed by atoms with van der Waals surface area (Å²) in [4.78, 5) is 21.8. The van der Waals surface area contributed by atoms with Gasteiger partial charge in [-0.25, -0.2) is 4.98 Å². The Morgan fingerprint density at radius 2 is 2.24 bits per heavy atom. The first-order valence-electron chi connectivity index (χ1n) is 8.46. The molecule has 3 N–H and O–H groups in total. The number of hydrogen-bond donors (Lipinski definition) is 3. The molecule has 7 heteroatoms. The van der Waals surface area contributed by atoms with E-state index in [1.54, 1.807) is 18.4 Å². The van der Waals surface area contributed by atoms with Crippen LogP contribution in [0.2, 0.25) is 0 Å². The normalized spacial score (nSPS) is 17.0. The van der Waals surface area contributed by atoms with Crippen molar-refractivity contribution in [3.8, 4) is 0 Å². The summed E-state index contributed by atoms with van der Waals surface area (Å²) in [6.45, 7) is 3.43. The number of aromatic nitrogens is 1. The van der Waals surface area contributed by atoms with E-state index in [9.17, 15) is 4.79 Å². The van der Waals surface area contributed by atoms with Gasteiger partial charge in [0.05, 0.1) is 6.54 Å². The van der Waals surface area contributed by atoms with E-state index in [1.165, 1.54) is 4.88 Å². The second-order valence-corrected chi connectivity index (χ2v) is 7.12. The van der Waals surface area contributed by atoms with E-state index in [0.717, 1.165) is 28.6 Å². The molecule has 0 saturated carbocycles. The molecular formula is C18H23N5OS. The lowest BCUT2D eigenvalue weighted by Gasteiger charge is -2.26. The van der Waals surface area contributed by atoms with Crippen LogP contribution in [0.3, 0.4) is 0 Å². The zero-order valence-electron chi connectivity index (χ0n) is 14.5. The monoisotopic (exact) mass is 357 g/mol. The standard InChI is InChI=1S/C18H23N5OS/c1-3-13-10-20-17(25-13)11-22-18(19-2)21-9-12-8-16(24)23-15-7-5-4-6-14(12)15/h4-7,10,12H,3,8-9,11H2,1-2H3,(H,23,24)(H2,19,21,22). The number of aliphatic imine (C=N–C) groups is 1. The minimum atomic E-state index is 0.0586. The van der Waals surface area contributed by atoms with Gasteiger partial charge in [0.25, 0.3) is 0 Å². The zero-order chi connectivity index (χ0) is 17.6. The Morgan fingerprint density at radius 3 is 3.00 bits per heavy atom. The van der Waals surface area contributed by atoms with Crippen molar-refractivity contribution in [2.75, 3.05) is 18.9 Å². The summed E-state index contributed by atoms with van der Waals surface area (Å²) in [5.41, 5.74) is 2.07. The third kappa shape index (κ3) is 4.36. The molecule has 2 heterocycles. The van der Waals surface area contributed by atoms with Crippen molar-refractivity contribution in [2.45, 2.75) is 32.2 Å². The maximum Gasteiger partial charge on any atom is 0.225 e. The summed E-state index contributed by atoms with van der Waals surface area (Å²) in [6.07, 6.45) is 3.41. The minimum absolute atomic E-state index is 0.0586. The lowest BCUT2D eigenvalue weighted by molar-refractivity contribution is -0.116. The molecule has 1 atom stereocenters. The number of para-hydroxylation sites is 1. The number of guanidine groups is 1. The molecule has 1 aliphatic heterocycles. The highest BCUT2D eigenvalue weighted by molar-refractivity contribution is 7.11. The predicted octanol–water partition coefficient (Wildman–Crippen LogP) is 2.50. The van der Waals surface area contributed by atoms with E-state index in [-0.39, 0.29) is 11.8 Å². The van der Waals surface area contributed by atoms with Gasteiger partial charge >= 0.3 is 0 Å². The second kappa shape index (κ2) is 8.11. The van der Waals surface area contributed by atoms with Crippen LogP contribution in [0.4, 0.5) is 5.69 Å². The number of thiazole rings is 1. The fourth-order valence-corrected chi connectivity index (χ4v) is 3.68. The lowest BCUT2D eigenvalue weighted by atomic mass is 9.90. The van der Waals surface area contributed by atoms with Crippen LogP contribution in [-0.2, 0) is 17.8 Å². The van der Waals surface area contributed by atoms with E-state index in [0.29, 0.717) is 19.5 Å². The summed E-state index contributed by atoms with van der Waals surface area (Å²) in [5.74, 6) is 0.912. The van der Waals surface area contributed by atoms with Crippen molar-refractivity contribution in [3.05, 3.63) is 45.9 Å². The van der Waals surface area contributed by atoms with Gasteiger partial charge in [-0.3, -0.25) is 9.79 Å². The van der Waals surface area contributed by atoms with Gasteiger partial charge in [0, 0.05) is 42.7 Å². The lowest BCUT2D eigenvalue weighted by Crippen LogP contribution is -2.40. The Balaban J connectivity index is 1.57. The van der Waals surface area contributed by atoms with Gasteiger partial charge in [-0.2, -0.15) is 0 Å². The van der Waals surface area contributed by atoms with Gasteiger partial charge in [-0.1, -0.05) is 25.1 Å². The summed E-state index contributed by atoms with van der Waals surface area (Å²) in [7, 11) is 1.75. The first kappa shape index (κ1) is 17.4. The van der Waals surface area contributed by atoms with Crippen molar-refractivity contribution in [2.24, 2.45) is 4.99 Å². The van der Waals surface area contributed by atoms with Crippen molar-refractivity contribution >= 4 is 28.9 Å². The molecule has 132 valence electrons. The SMILES string of the molecule is CCc1cnc(CNC(=NC)NCC2CC(=O)Nc3ccccc32)s1. The molecule has 0 spiro atoms. The molecule has 0 radical (unpaired) electrons. The predicted molar refractivity (Wildman–Crippen MR) is 102 cm³/mol. The maximum atomic E-state index is 11.9. The van der Waals surface area contributed by atoms with Crippen LogP contribution < -0.4 is 16.0 Å². The molecule has 2 aromatic rings. The number of hydrogen-bond acceptors (Lipinski definition) is 4. The second-order valence-electron chi connectivity index (χ2n) is 5.92. The molecule has 1 aliphatic rings. The minimum Gasteiger partial charge on any atom is -0.356 e. The van der Waals surface area contributed by atoms with Crippen LogP contribution in [0, 0.1) is 0 Å². The van der Waals surface area contributed by atoms with Gasteiger partial charge in [-0.15, -0.1) is 11.3 Å². The zero-order valence-corrected chi connectivity index (χ0v) is 15.3. The number of amides is 1. The van der Waals surface area contributed by atoms with E-state index < -0.39 is 0 Å². The molecule has 6 nitrogen and oxygen atoms in total. The van der Waals surface area contributed by atoms with E-state index in [1.807, 2.05) is 24.4 Å². The van der Waals surface area contributed by atoms with E-state index >= 15 is 0 Å². The van der Waals surface area contributed by atoms with Crippen LogP contribution in [-0.4, -0.2) is 30.4 Å². The van der Waals surface area contributed by atoms with Crippen molar-refractivity contribution < 1.29 is 4.79 Å². The van der Waals surface area contributed by atoms with Gasteiger partial charge in [-0.05, 0) is 18.1 Å². The average Bonchev–Trinajstić information content (AvgIpc) is 3.09. The number of nitrogens with zero attached hydrogens (tertiary/aromatic N) is 2. The van der Waals surface area contributed by atoms with Gasteiger partial charge in [0.1, 0.15) is 5.01 Å². The fourth-order valence-electron chi connectivity index (χ4n) is 2.88. The maximum absolute atomic E-state index is 11.9. The Kier molecular flexibility index (Phi) is 5.65. The molecule has 0 saturated heterocycles. The first-order valence-corrected chi connectivity index (χ1v) is 9.28. The van der Waals surface area contributed by atoms with Crippen LogP contribution >= 0.6 is 11.3 Å². The fraction of sp³-hybridized carbons (Fsp3) is 0.389. The summed E-state index contributed by atoms with van der Waals surface area (Å²) in [5, 5.41) is 10.6. The quantitative estimate of drug-likeness (QED) is 0.567. The molecule has 1 aromatic heterocycles. The van der Waals surface area contributed by atoms with Gasteiger partial charge in [0.2, 0.25) is 5.91 Å². The van der Waals surface area contributed by atoms with E-state index in [4.69, 9.17) is 0 Å². The third-order valence-electron chi connectivity index (χ3n) is 4.20. The first-order chi connectivity index (χ1) is 12.2. The summed E-state index contributed by atoms with van der Waals surface area (Å²) < 4.78 is 0. The molecule has 25 heavy (non-hydrogen) atoms. The number of carbonyl (C=O) groups excluding carboxylic acids is 1. The number of nitrogens with one attached hydrogen (secondary N) is 3. The van der Waals surface area contributed by atoms with Crippen LogP contribution in [0.15, 0.2) is 35.5 Å². The van der Waals surface area contributed by atoms with Crippen LogP contribution in [0.1, 0.15) is 34.7 Å². The third-order valence-corrected chi connectivity index (χ3v) is 5.34. The average molecular weight is 357 g/mol. The molecule has 1 amide bonds. The number of anilines is 1. The topological polar surface area (TPSA) is 78.4 Å². The van der Waals surface area contributed by atoms with Gasteiger partial charge in [0.15, 0.2) is 5.96 Å². The van der Waals surface area contributed by atoms with Crippen molar-refractivity contribution in [1.82, 2.24) is 15.6 Å². The molecule has 1 aromatic carbocycles. The Hall–Kier alpha value is -2.41. The van der Waals surface area contributed by atoms with E-state index in [2.05, 4.69) is 38.9 Å². The van der Waals surface area contributed by atoms with Crippen LogP contribution in [0.5, 0.6) is 0 Å². The smallest absolute Gasteiger partial charge is 0.225 e. The summed E-state index contributed by atoms with van der Waals surface area (Å²) in [6, 6.07) is 7.96. The highest BCUT2D eigenvalue weighted by atomic mass is 32.1. The number of carbonyl (C=O) groups is 1. The number of rotatable bonds is 5. The highest BCUT2D eigenvalue weighted by Crippen LogP contribution is 2.31. The summed E-state index contributed by atoms with van der Waals surface area (Å²) >= 11 is 1.71. The van der Waals surface area contributed by atoms with Crippen molar-refractivity contribution in [3.63, 3.8) is 0 Å². The molecular weight excluding hydrogens is 334 g/mol. The van der Waals surface area contributed by atoms with Crippen LogP contribution in [0.25, 0.3) is 0 Å². The number of fused-ring (bicyclic) bond motifs is 1. The van der Waals surface area contributed by atoms with Crippen molar-refractivity contribution in [1.29, 1.82) is 0 Å². The highest BCUT2D eigenvalue weighted by Gasteiger charge is 2.24. The Bertz CT molecular complexity index is 770. The molecule has 0 bridgehead atoms. The molecule has 0 aliphatic carbocycles. The molecule has 1 unspecified atom stereocenters. The van der Waals surface area contributed by atoms with Gasteiger partial charge < -0.3 is 16.0 Å². The Morgan fingerprint density at radius 1 is 1.40 bits per heavy atom. The number of aryl methyl sites for hydroxylation is 1. The Labute approximate surface area is 151 Å². The number of benzene rings is 1. The molecule has 0 fully saturated rings.